The molecule has 0 bridgehead atoms. The van der Waals surface area contributed by atoms with Gasteiger partial charge in [0.15, 0.2) is 0 Å². The van der Waals surface area contributed by atoms with Crippen molar-refractivity contribution in [2.24, 2.45) is 0 Å². The lowest BCUT2D eigenvalue weighted by Gasteiger charge is -2.09. The SMILES string of the molecule is O=Cc1ccc2nc(-c3ccccc3)n(-c3ccccc3)c2c1. The third kappa shape index (κ3) is 2.32. The van der Waals surface area contributed by atoms with Crippen LogP contribution in [-0.4, -0.2) is 15.8 Å². The van der Waals surface area contributed by atoms with E-state index in [0.717, 1.165) is 34.4 Å². The molecule has 110 valence electrons. The quantitative estimate of drug-likeness (QED) is 0.522. The Labute approximate surface area is 133 Å². The molecule has 0 atom stereocenters. The van der Waals surface area contributed by atoms with E-state index in [2.05, 4.69) is 4.57 Å². The zero-order valence-electron chi connectivity index (χ0n) is 12.4. The smallest absolute Gasteiger partial charge is 0.150 e. The summed E-state index contributed by atoms with van der Waals surface area (Å²) in [4.78, 5) is 15.9. The number of aldehydes is 1. The van der Waals surface area contributed by atoms with Gasteiger partial charge in [-0.05, 0) is 30.3 Å². The number of benzene rings is 3. The molecular formula is C20H14N2O. The van der Waals surface area contributed by atoms with Crippen molar-refractivity contribution < 1.29 is 4.79 Å². The van der Waals surface area contributed by atoms with Crippen molar-refractivity contribution in [1.29, 1.82) is 0 Å². The fourth-order valence-corrected chi connectivity index (χ4v) is 2.78. The predicted octanol–water partition coefficient (Wildman–Crippen LogP) is 4.51. The highest BCUT2D eigenvalue weighted by atomic mass is 16.1. The molecule has 0 saturated heterocycles. The molecule has 0 aliphatic heterocycles. The van der Waals surface area contributed by atoms with Crippen molar-refractivity contribution in [3.63, 3.8) is 0 Å². The van der Waals surface area contributed by atoms with Crippen molar-refractivity contribution in [1.82, 2.24) is 9.55 Å². The number of imidazole rings is 1. The zero-order valence-corrected chi connectivity index (χ0v) is 12.4. The van der Waals surface area contributed by atoms with Crippen LogP contribution in [0.1, 0.15) is 10.4 Å². The van der Waals surface area contributed by atoms with Crippen molar-refractivity contribution in [2.75, 3.05) is 0 Å². The molecule has 0 amide bonds. The van der Waals surface area contributed by atoms with Crippen LogP contribution >= 0.6 is 0 Å². The minimum Gasteiger partial charge on any atom is -0.298 e. The van der Waals surface area contributed by atoms with Crippen LogP contribution in [0.25, 0.3) is 28.1 Å². The van der Waals surface area contributed by atoms with Gasteiger partial charge in [0.25, 0.3) is 0 Å². The lowest BCUT2D eigenvalue weighted by Crippen LogP contribution is -1.97. The number of carbonyl (C=O) groups excluding carboxylic acids is 1. The van der Waals surface area contributed by atoms with Crippen LogP contribution < -0.4 is 0 Å². The second-order valence-electron chi connectivity index (χ2n) is 5.34. The van der Waals surface area contributed by atoms with Gasteiger partial charge in [0.2, 0.25) is 0 Å². The number of hydrogen-bond donors (Lipinski definition) is 0. The van der Waals surface area contributed by atoms with Gasteiger partial charge in [-0.2, -0.15) is 0 Å². The second-order valence-corrected chi connectivity index (χ2v) is 5.34. The maximum absolute atomic E-state index is 11.1. The number of rotatable bonds is 3. The Bertz CT molecular complexity index is 973. The van der Waals surface area contributed by atoms with Gasteiger partial charge in [0.1, 0.15) is 12.1 Å². The van der Waals surface area contributed by atoms with Crippen LogP contribution in [0.2, 0.25) is 0 Å². The van der Waals surface area contributed by atoms with Gasteiger partial charge in [0.05, 0.1) is 11.0 Å². The molecule has 3 nitrogen and oxygen atoms in total. The van der Waals surface area contributed by atoms with Crippen LogP contribution in [0.5, 0.6) is 0 Å². The number of nitrogens with zero attached hydrogens (tertiary/aromatic N) is 2. The Balaban J connectivity index is 2.08. The van der Waals surface area contributed by atoms with Crippen molar-refractivity contribution >= 4 is 17.3 Å². The summed E-state index contributed by atoms with van der Waals surface area (Å²) >= 11 is 0. The van der Waals surface area contributed by atoms with Crippen LogP contribution in [0.4, 0.5) is 0 Å². The van der Waals surface area contributed by atoms with Gasteiger partial charge in [-0.3, -0.25) is 9.36 Å². The number of hydrogen-bond acceptors (Lipinski definition) is 2. The summed E-state index contributed by atoms with van der Waals surface area (Å²) in [6, 6.07) is 25.7. The molecular weight excluding hydrogens is 284 g/mol. The molecule has 0 N–H and O–H groups in total. The van der Waals surface area contributed by atoms with E-state index in [9.17, 15) is 4.79 Å². The third-order valence-corrected chi connectivity index (χ3v) is 3.86. The molecule has 1 heterocycles. The number of para-hydroxylation sites is 1. The van der Waals surface area contributed by atoms with Crippen LogP contribution in [0, 0.1) is 0 Å². The first-order chi connectivity index (χ1) is 11.4. The monoisotopic (exact) mass is 298 g/mol. The molecule has 0 aliphatic carbocycles. The Kier molecular flexibility index (Phi) is 3.24. The lowest BCUT2D eigenvalue weighted by molar-refractivity contribution is 0.112. The number of carbonyl (C=O) groups is 1. The Morgan fingerprint density at radius 2 is 1.52 bits per heavy atom. The van der Waals surface area contributed by atoms with Crippen LogP contribution in [0.15, 0.2) is 78.9 Å². The summed E-state index contributed by atoms with van der Waals surface area (Å²) in [5.74, 6) is 0.870. The average Bonchev–Trinajstić information content (AvgIpc) is 3.01. The normalized spacial score (nSPS) is 10.8. The van der Waals surface area contributed by atoms with Gasteiger partial charge in [-0.1, -0.05) is 48.5 Å². The Morgan fingerprint density at radius 1 is 0.826 bits per heavy atom. The molecule has 3 aromatic carbocycles. The molecule has 1 aromatic heterocycles. The van der Waals surface area contributed by atoms with Crippen LogP contribution in [-0.2, 0) is 0 Å². The molecule has 0 unspecified atom stereocenters. The molecule has 3 heteroatoms. The molecule has 0 aliphatic rings. The van der Waals surface area contributed by atoms with Crippen molar-refractivity contribution in [2.45, 2.75) is 0 Å². The summed E-state index contributed by atoms with van der Waals surface area (Å²) in [5, 5.41) is 0. The standard InChI is InChI=1S/C20H14N2O/c23-14-15-11-12-18-19(13-15)22(17-9-5-2-6-10-17)20(21-18)16-7-3-1-4-8-16/h1-14H. The minimum absolute atomic E-state index is 0.647. The second kappa shape index (κ2) is 5.54. The molecule has 4 rings (SSSR count). The van der Waals surface area contributed by atoms with Gasteiger partial charge < -0.3 is 0 Å². The maximum Gasteiger partial charge on any atom is 0.150 e. The summed E-state index contributed by atoms with van der Waals surface area (Å²) < 4.78 is 2.09. The highest BCUT2D eigenvalue weighted by molar-refractivity contribution is 5.88. The Morgan fingerprint density at radius 3 is 2.22 bits per heavy atom. The fraction of sp³-hybridized carbons (Fsp3) is 0. The topological polar surface area (TPSA) is 34.9 Å². The van der Waals surface area contributed by atoms with Crippen molar-refractivity contribution in [3.05, 3.63) is 84.4 Å². The fourth-order valence-electron chi connectivity index (χ4n) is 2.78. The first-order valence-corrected chi connectivity index (χ1v) is 7.45. The maximum atomic E-state index is 11.1. The number of fused-ring (bicyclic) bond motifs is 1. The van der Waals surface area contributed by atoms with E-state index in [4.69, 9.17) is 4.98 Å². The molecule has 4 aromatic rings. The molecule has 0 fully saturated rings. The number of aromatic nitrogens is 2. The van der Waals surface area contributed by atoms with Crippen molar-refractivity contribution in [3.8, 4) is 17.1 Å². The first-order valence-electron chi connectivity index (χ1n) is 7.45. The molecule has 0 radical (unpaired) electrons. The van der Waals surface area contributed by atoms with E-state index < -0.39 is 0 Å². The highest BCUT2D eigenvalue weighted by Crippen LogP contribution is 2.28. The third-order valence-electron chi connectivity index (χ3n) is 3.86. The summed E-state index contributed by atoms with van der Waals surface area (Å²) in [5.41, 5.74) is 4.52. The van der Waals surface area contributed by atoms with E-state index in [1.54, 1.807) is 6.07 Å². The average molecular weight is 298 g/mol. The van der Waals surface area contributed by atoms with Gasteiger partial charge in [0, 0.05) is 16.8 Å². The van der Waals surface area contributed by atoms with Gasteiger partial charge in [-0.25, -0.2) is 4.98 Å². The predicted molar refractivity (Wildman–Crippen MR) is 91.9 cm³/mol. The van der Waals surface area contributed by atoms with Crippen LogP contribution in [0.3, 0.4) is 0 Å². The largest absolute Gasteiger partial charge is 0.298 e. The van der Waals surface area contributed by atoms with Gasteiger partial charge in [-0.15, -0.1) is 0 Å². The zero-order chi connectivity index (χ0) is 15.6. The molecule has 23 heavy (non-hydrogen) atoms. The van der Waals surface area contributed by atoms with E-state index in [-0.39, 0.29) is 0 Å². The highest BCUT2D eigenvalue weighted by Gasteiger charge is 2.14. The van der Waals surface area contributed by atoms with Gasteiger partial charge >= 0.3 is 0 Å². The molecule has 0 saturated carbocycles. The van der Waals surface area contributed by atoms with E-state index in [1.807, 2.05) is 72.8 Å². The van der Waals surface area contributed by atoms with E-state index >= 15 is 0 Å². The van der Waals surface area contributed by atoms with E-state index in [0.29, 0.717) is 5.56 Å². The minimum atomic E-state index is 0.647. The Hall–Kier alpha value is -3.20. The lowest BCUT2D eigenvalue weighted by atomic mass is 10.2. The first kappa shape index (κ1) is 13.5. The summed E-state index contributed by atoms with van der Waals surface area (Å²) in [7, 11) is 0. The molecule has 0 spiro atoms. The summed E-state index contributed by atoms with van der Waals surface area (Å²) in [6.45, 7) is 0. The van der Waals surface area contributed by atoms with E-state index in [1.165, 1.54) is 0 Å². The summed E-state index contributed by atoms with van der Waals surface area (Å²) in [6.07, 6.45) is 0.865.